The average Bonchev–Trinajstić information content (AvgIpc) is 2.13. The smallest absolute Gasteiger partial charge is 0 e. The predicted molar refractivity (Wildman–Crippen MR) is 53.0 cm³/mol. The first-order chi connectivity index (χ1) is 6.11. The van der Waals surface area contributed by atoms with Gasteiger partial charge in [-0.05, 0) is 30.7 Å². The Bertz CT molecular complexity index is 305. The van der Waals surface area contributed by atoms with Gasteiger partial charge in [0.15, 0.2) is 0 Å². The Hall–Kier alpha value is -0.0490. The summed E-state index contributed by atoms with van der Waals surface area (Å²) in [6.07, 6.45) is 0. The van der Waals surface area contributed by atoms with E-state index in [4.69, 9.17) is 10.8 Å². The number of benzene rings is 1. The molecule has 0 saturated heterocycles. The van der Waals surface area contributed by atoms with Crippen LogP contribution in [0.3, 0.4) is 0 Å². The first-order valence-electron chi connectivity index (χ1n) is 3.70. The molecule has 0 fully saturated rings. The molecule has 0 aliphatic heterocycles. The average molecular weight is 471 g/mol. The number of aromatic hydroxyl groups is 1. The van der Waals surface area contributed by atoms with Gasteiger partial charge in [0.2, 0.25) is 5.91 Å². The molecule has 0 saturated carbocycles. The van der Waals surface area contributed by atoms with Crippen LogP contribution >= 0.6 is 0 Å². The maximum atomic E-state index is 10.6. The first-order valence-corrected chi connectivity index (χ1v) is 6.56. The molecule has 5 heteroatoms. The minimum absolute atomic E-state index is 0. The van der Waals surface area contributed by atoms with Crippen LogP contribution in [0.2, 0.25) is 4.94 Å². The number of hydrogen-bond acceptors (Lipinski definition) is 2. The number of phenols is 1. The van der Waals surface area contributed by atoms with Gasteiger partial charge in [-0.15, -0.1) is 0 Å². The Morgan fingerprint density at radius 3 is 2.29 bits per heavy atom. The van der Waals surface area contributed by atoms with Crippen LogP contribution in [0.1, 0.15) is 15.9 Å². The molecule has 1 rings (SSSR count). The molecule has 0 aliphatic carbocycles. The van der Waals surface area contributed by atoms with Crippen molar-refractivity contribution in [1.82, 2.24) is 0 Å². The third kappa shape index (κ3) is 4.99. The molecular formula is C9H12NO2ReSn. The summed E-state index contributed by atoms with van der Waals surface area (Å²) in [6.45, 7) is 1.71. The summed E-state index contributed by atoms with van der Waals surface area (Å²) in [7, 11) is 0. The van der Waals surface area contributed by atoms with E-state index in [0.29, 0.717) is 11.1 Å². The number of phenolic OH excluding ortho intramolecular Hbond substituents is 1. The van der Waals surface area contributed by atoms with E-state index in [1.165, 1.54) is 12.1 Å². The third-order valence-electron chi connectivity index (χ3n) is 1.48. The molecule has 4 radical (unpaired) electrons. The molecule has 3 nitrogen and oxygen atoms in total. The van der Waals surface area contributed by atoms with Gasteiger partial charge in [-0.1, -0.05) is 0 Å². The molecule has 0 unspecified atom stereocenters. The van der Waals surface area contributed by atoms with E-state index in [1.54, 1.807) is 35.5 Å². The first kappa shape index (κ1) is 16.4. The molecule has 0 heterocycles. The fourth-order valence-corrected chi connectivity index (χ4v) is 0.809. The Morgan fingerprint density at radius 1 is 1.43 bits per heavy atom. The van der Waals surface area contributed by atoms with Crippen molar-refractivity contribution in [2.24, 2.45) is 5.73 Å². The Morgan fingerprint density at radius 2 is 1.93 bits per heavy atom. The van der Waals surface area contributed by atoms with Crippen LogP contribution < -0.4 is 5.73 Å². The van der Waals surface area contributed by atoms with E-state index in [-0.39, 0.29) is 26.2 Å². The van der Waals surface area contributed by atoms with E-state index in [1.807, 2.05) is 0 Å². The Balaban J connectivity index is 0. The summed E-state index contributed by atoms with van der Waals surface area (Å²) in [5.74, 6) is -0.303. The van der Waals surface area contributed by atoms with Crippen LogP contribution in [0, 0.1) is 6.92 Å². The maximum absolute atomic E-state index is 10.6. The van der Waals surface area contributed by atoms with Crippen molar-refractivity contribution >= 4 is 28.4 Å². The fraction of sp³-hybridized carbons (Fsp3) is 0.222. The van der Waals surface area contributed by atoms with Crippen molar-refractivity contribution in [3.8, 4) is 5.75 Å². The summed E-state index contributed by atoms with van der Waals surface area (Å²) in [4.78, 5) is 12.7. The van der Waals surface area contributed by atoms with Gasteiger partial charge in [-0.3, -0.25) is 4.79 Å². The van der Waals surface area contributed by atoms with Crippen molar-refractivity contribution in [3.05, 3.63) is 29.3 Å². The van der Waals surface area contributed by atoms with Crippen molar-refractivity contribution < 1.29 is 30.3 Å². The number of amides is 1. The SMILES string of the molecule is Cc1cc(C(N)=O)ccc1O.[CH3][Sn].[Re]. The number of primary amides is 1. The standard InChI is InChI=1S/C8H9NO2.CH3.Re.Sn/c1-5-4-6(8(9)11)2-3-7(5)10;;;/h2-4,10H,1H3,(H2,9,11);1H3;;. The number of hydrogen-bond donors (Lipinski definition) is 2. The summed E-state index contributed by atoms with van der Waals surface area (Å²) in [5.41, 5.74) is 6.08. The zero-order chi connectivity index (χ0) is 10.4. The molecular weight excluding hydrogens is 459 g/mol. The van der Waals surface area contributed by atoms with Gasteiger partial charge in [0.05, 0.1) is 0 Å². The number of carbonyl (C=O) groups is 1. The minimum atomic E-state index is -0.479. The van der Waals surface area contributed by atoms with Crippen LogP contribution in [-0.4, -0.2) is 33.5 Å². The second kappa shape index (κ2) is 8.28. The molecule has 0 aromatic heterocycles. The Labute approximate surface area is 111 Å². The van der Waals surface area contributed by atoms with Crippen LogP contribution in [0.15, 0.2) is 18.2 Å². The normalized spacial score (nSPS) is 7.93. The van der Waals surface area contributed by atoms with Gasteiger partial charge in [0.1, 0.15) is 5.75 Å². The molecule has 76 valence electrons. The zero-order valence-electron chi connectivity index (χ0n) is 8.04. The second-order valence-corrected chi connectivity index (χ2v) is 2.37. The van der Waals surface area contributed by atoms with Crippen molar-refractivity contribution in [1.29, 1.82) is 0 Å². The molecule has 0 bridgehead atoms. The predicted octanol–water partition coefficient (Wildman–Crippen LogP) is 1.00. The van der Waals surface area contributed by atoms with E-state index < -0.39 is 5.91 Å². The van der Waals surface area contributed by atoms with Gasteiger partial charge >= 0.3 is 27.5 Å². The monoisotopic (exact) mass is 473 g/mol. The van der Waals surface area contributed by atoms with Crippen molar-refractivity contribution in [2.75, 3.05) is 0 Å². The number of carbonyl (C=O) groups excluding carboxylic acids is 1. The van der Waals surface area contributed by atoms with Gasteiger partial charge in [0, 0.05) is 26.0 Å². The molecule has 3 N–H and O–H groups in total. The van der Waals surface area contributed by atoms with E-state index in [0.717, 1.165) is 0 Å². The van der Waals surface area contributed by atoms with Crippen LogP contribution in [0.4, 0.5) is 0 Å². The Kier molecular flexibility index (Phi) is 9.68. The molecule has 1 amide bonds. The number of nitrogens with two attached hydrogens (primary N) is 1. The topological polar surface area (TPSA) is 63.3 Å². The van der Waals surface area contributed by atoms with E-state index >= 15 is 0 Å². The largest absolute Gasteiger partial charge is 0 e. The van der Waals surface area contributed by atoms with Crippen LogP contribution in [-0.2, 0) is 20.4 Å². The zero-order valence-corrected chi connectivity index (χ0v) is 13.6. The fourth-order valence-electron chi connectivity index (χ4n) is 0.809. The number of aryl methyl sites for hydroxylation is 1. The van der Waals surface area contributed by atoms with Gasteiger partial charge in [-0.2, -0.15) is 0 Å². The van der Waals surface area contributed by atoms with E-state index in [2.05, 4.69) is 4.94 Å². The number of rotatable bonds is 1. The van der Waals surface area contributed by atoms with Crippen molar-refractivity contribution in [2.45, 2.75) is 11.9 Å². The van der Waals surface area contributed by atoms with Gasteiger partial charge < -0.3 is 10.8 Å². The van der Waals surface area contributed by atoms with Crippen molar-refractivity contribution in [3.63, 3.8) is 0 Å². The second-order valence-electron chi connectivity index (χ2n) is 2.37. The molecule has 0 atom stereocenters. The maximum Gasteiger partial charge on any atom is 0 e. The molecule has 14 heavy (non-hydrogen) atoms. The summed E-state index contributed by atoms with van der Waals surface area (Å²) < 4.78 is 0. The molecule has 0 spiro atoms. The molecule has 1 aromatic rings. The quantitative estimate of drug-likeness (QED) is 0.601. The molecule has 0 aliphatic rings. The van der Waals surface area contributed by atoms with Crippen LogP contribution in [0.25, 0.3) is 0 Å². The summed E-state index contributed by atoms with van der Waals surface area (Å²) >= 11 is 1.55. The third-order valence-corrected chi connectivity index (χ3v) is 1.48. The van der Waals surface area contributed by atoms with Crippen LogP contribution in [0.5, 0.6) is 5.75 Å². The summed E-state index contributed by atoms with van der Waals surface area (Å²) in [6, 6.07) is 4.50. The van der Waals surface area contributed by atoms with Gasteiger partial charge in [-0.25, -0.2) is 0 Å². The summed E-state index contributed by atoms with van der Waals surface area (Å²) in [5, 5.41) is 9.07. The molecule has 1 aromatic carbocycles. The van der Waals surface area contributed by atoms with Gasteiger partial charge in [0.25, 0.3) is 0 Å². The minimum Gasteiger partial charge on any atom is 0 e. The van der Waals surface area contributed by atoms with E-state index in [9.17, 15) is 4.79 Å².